The van der Waals surface area contributed by atoms with Gasteiger partial charge >= 0.3 is 0 Å². The lowest BCUT2D eigenvalue weighted by Crippen LogP contribution is -2.35. The first kappa shape index (κ1) is 15.3. The standard InChI is InChI=1S/C14H29N3O/c1-11(2)10-17(12-6-7-12)9-5-8-14(3,4)13(15)16-18/h11-12,18H,5-10H2,1-4H3,(H2,15,16). The van der Waals surface area contributed by atoms with Crippen molar-refractivity contribution in [2.75, 3.05) is 13.1 Å². The molecule has 1 fully saturated rings. The molecule has 0 aromatic carbocycles. The molecule has 0 amide bonds. The maximum Gasteiger partial charge on any atom is 0.144 e. The monoisotopic (exact) mass is 255 g/mol. The average Bonchev–Trinajstić information content (AvgIpc) is 3.09. The van der Waals surface area contributed by atoms with Crippen molar-refractivity contribution < 1.29 is 5.21 Å². The number of hydrogen-bond acceptors (Lipinski definition) is 3. The van der Waals surface area contributed by atoms with Crippen LogP contribution in [-0.4, -0.2) is 35.1 Å². The fourth-order valence-corrected chi connectivity index (χ4v) is 2.32. The Balaban J connectivity index is 2.34. The summed E-state index contributed by atoms with van der Waals surface area (Å²) in [5, 5.41) is 11.9. The van der Waals surface area contributed by atoms with Crippen LogP contribution in [0.3, 0.4) is 0 Å². The van der Waals surface area contributed by atoms with Gasteiger partial charge in [-0.2, -0.15) is 0 Å². The average molecular weight is 255 g/mol. The number of rotatable bonds is 8. The Morgan fingerprint density at radius 3 is 2.50 bits per heavy atom. The van der Waals surface area contributed by atoms with E-state index in [1.54, 1.807) is 0 Å². The van der Waals surface area contributed by atoms with E-state index in [0.717, 1.165) is 31.3 Å². The quantitative estimate of drug-likeness (QED) is 0.303. The molecule has 18 heavy (non-hydrogen) atoms. The van der Waals surface area contributed by atoms with Gasteiger partial charge in [-0.25, -0.2) is 0 Å². The summed E-state index contributed by atoms with van der Waals surface area (Å²) in [6, 6.07) is 0.819. The highest BCUT2D eigenvalue weighted by Gasteiger charge is 2.30. The Bertz CT molecular complexity index is 283. The molecule has 0 aromatic heterocycles. The Labute approximate surface area is 111 Å². The summed E-state index contributed by atoms with van der Waals surface area (Å²) in [4.78, 5) is 2.60. The van der Waals surface area contributed by atoms with Gasteiger partial charge < -0.3 is 15.8 Å². The highest BCUT2D eigenvalue weighted by Crippen LogP contribution is 2.29. The van der Waals surface area contributed by atoms with E-state index in [-0.39, 0.29) is 5.41 Å². The number of nitrogens with zero attached hydrogens (tertiary/aromatic N) is 2. The summed E-state index contributed by atoms with van der Waals surface area (Å²) in [5.41, 5.74) is 5.50. The van der Waals surface area contributed by atoms with Gasteiger partial charge in [0.15, 0.2) is 0 Å². The number of oxime groups is 1. The molecule has 106 valence electrons. The Hall–Kier alpha value is -0.770. The second-order valence-corrected chi connectivity index (χ2v) is 6.59. The van der Waals surface area contributed by atoms with E-state index in [4.69, 9.17) is 10.9 Å². The number of nitrogens with two attached hydrogens (primary N) is 1. The van der Waals surface area contributed by atoms with Crippen LogP contribution in [0, 0.1) is 11.3 Å². The van der Waals surface area contributed by atoms with Crippen molar-refractivity contribution in [3.8, 4) is 0 Å². The van der Waals surface area contributed by atoms with Gasteiger partial charge in [0.2, 0.25) is 0 Å². The van der Waals surface area contributed by atoms with E-state index >= 15 is 0 Å². The fourth-order valence-electron chi connectivity index (χ4n) is 2.32. The molecule has 0 saturated heterocycles. The topological polar surface area (TPSA) is 61.8 Å². The van der Waals surface area contributed by atoms with Gasteiger partial charge in [-0.15, -0.1) is 0 Å². The van der Waals surface area contributed by atoms with E-state index in [1.807, 2.05) is 13.8 Å². The molecule has 0 aliphatic heterocycles. The molecule has 1 aliphatic rings. The van der Waals surface area contributed by atoms with Crippen molar-refractivity contribution in [3.63, 3.8) is 0 Å². The van der Waals surface area contributed by atoms with Gasteiger partial charge in [0.25, 0.3) is 0 Å². The summed E-state index contributed by atoms with van der Waals surface area (Å²) >= 11 is 0. The predicted molar refractivity (Wildman–Crippen MR) is 75.9 cm³/mol. The second-order valence-electron chi connectivity index (χ2n) is 6.59. The molecular formula is C14H29N3O. The smallest absolute Gasteiger partial charge is 0.144 e. The van der Waals surface area contributed by atoms with Gasteiger partial charge in [0, 0.05) is 18.0 Å². The zero-order valence-corrected chi connectivity index (χ0v) is 12.3. The Morgan fingerprint density at radius 2 is 2.06 bits per heavy atom. The van der Waals surface area contributed by atoms with Crippen LogP contribution in [0.2, 0.25) is 0 Å². The van der Waals surface area contributed by atoms with Gasteiger partial charge in [0.1, 0.15) is 5.84 Å². The van der Waals surface area contributed by atoms with Crippen molar-refractivity contribution >= 4 is 5.84 Å². The van der Waals surface area contributed by atoms with E-state index in [1.165, 1.54) is 19.4 Å². The molecule has 0 radical (unpaired) electrons. The third-order valence-corrected chi connectivity index (χ3v) is 3.71. The van der Waals surface area contributed by atoms with Crippen LogP contribution in [0.5, 0.6) is 0 Å². The number of hydrogen-bond donors (Lipinski definition) is 2. The summed E-state index contributed by atoms with van der Waals surface area (Å²) in [6.45, 7) is 10.9. The zero-order valence-electron chi connectivity index (χ0n) is 12.3. The van der Waals surface area contributed by atoms with E-state index in [0.29, 0.717) is 5.84 Å². The molecule has 0 atom stereocenters. The molecular weight excluding hydrogens is 226 g/mol. The lowest BCUT2D eigenvalue weighted by Gasteiger charge is -2.27. The van der Waals surface area contributed by atoms with Gasteiger partial charge in [-0.05, 0) is 38.1 Å². The maximum atomic E-state index is 8.75. The molecule has 0 bridgehead atoms. The lowest BCUT2D eigenvalue weighted by molar-refractivity contribution is 0.221. The Morgan fingerprint density at radius 1 is 1.44 bits per heavy atom. The molecule has 0 aromatic rings. The van der Waals surface area contributed by atoms with Crippen LogP contribution < -0.4 is 5.73 Å². The lowest BCUT2D eigenvalue weighted by atomic mass is 9.86. The third kappa shape index (κ3) is 4.84. The van der Waals surface area contributed by atoms with E-state index in [2.05, 4.69) is 23.9 Å². The molecule has 4 heteroatoms. The molecule has 1 saturated carbocycles. The molecule has 0 unspecified atom stereocenters. The minimum Gasteiger partial charge on any atom is -0.409 e. The normalized spacial score (nSPS) is 17.8. The molecule has 0 heterocycles. The summed E-state index contributed by atoms with van der Waals surface area (Å²) < 4.78 is 0. The second kappa shape index (κ2) is 6.41. The van der Waals surface area contributed by atoms with Crippen molar-refractivity contribution in [3.05, 3.63) is 0 Å². The van der Waals surface area contributed by atoms with E-state index in [9.17, 15) is 0 Å². The first-order chi connectivity index (χ1) is 8.36. The minimum atomic E-state index is -0.207. The van der Waals surface area contributed by atoms with E-state index < -0.39 is 0 Å². The highest BCUT2D eigenvalue weighted by molar-refractivity contribution is 5.85. The van der Waals surface area contributed by atoms with Crippen LogP contribution >= 0.6 is 0 Å². The fraction of sp³-hybridized carbons (Fsp3) is 0.929. The highest BCUT2D eigenvalue weighted by atomic mass is 16.4. The van der Waals surface area contributed by atoms with Crippen LogP contribution in [0.4, 0.5) is 0 Å². The first-order valence-electron chi connectivity index (χ1n) is 7.09. The number of amidine groups is 1. The van der Waals surface area contributed by atoms with Crippen LogP contribution in [0.25, 0.3) is 0 Å². The minimum absolute atomic E-state index is 0.207. The van der Waals surface area contributed by atoms with Crippen LogP contribution in [-0.2, 0) is 0 Å². The van der Waals surface area contributed by atoms with Gasteiger partial charge in [-0.3, -0.25) is 0 Å². The summed E-state index contributed by atoms with van der Waals surface area (Å²) in [6.07, 6.45) is 4.78. The predicted octanol–water partition coefficient (Wildman–Crippen LogP) is 2.66. The van der Waals surface area contributed by atoms with Gasteiger partial charge in [0.05, 0.1) is 0 Å². The first-order valence-corrected chi connectivity index (χ1v) is 7.09. The summed E-state index contributed by atoms with van der Waals surface area (Å²) in [5.74, 6) is 1.06. The molecule has 1 rings (SSSR count). The molecule has 4 nitrogen and oxygen atoms in total. The van der Waals surface area contributed by atoms with Crippen LogP contribution in [0.1, 0.15) is 53.4 Å². The maximum absolute atomic E-state index is 8.75. The Kier molecular flexibility index (Phi) is 5.45. The SMILES string of the molecule is CC(C)CN(CCCC(C)(C)C(N)=NO)C1CC1. The van der Waals surface area contributed by atoms with Crippen molar-refractivity contribution in [2.45, 2.75) is 59.4 Å². The zero-order chi connectivity index (χ0) is 13.8. The van der Waals surface area contributed by atoms with Crippen molar-refractivity contribution in [1.82, 2.24) is 4.90 Å². The molecule has 0 spiro atoms. The largest absolute Gasteiger partial charge is 0.409 e. The summed E-state index contributed by atoms with van der Waals surface area (Å²) in [7, 11) is 0. The molecule has 3 N–H and O–H groups in total. The molecule has 1 aliphatic carbocycles. The van der Waals surface area contributed by atoms with Crippen molar-refractivity contribution in [2.24, 2.45) is 22.2 Å². The van der Waals surface area contributed by atoms with Crippen molar-refractivity contribution in [1.29, 1.82) is 0 Å². The van der Waals surface area contributed by atoms with Crippen LogP contribution in [0.15, 0.2) is 5.16 Å². The third-order valence-electron chi connectivity index (χ3n) is 3.71. The van der Waals surface area contributed by atoms with Gasteiger partial charge in [-0.1, -0.05) is 32.9 Å².